The van der Waals surface area contributed by atoms with E-state index < -0.39 is 5.97 Å². The molecular weight excluding hydrogens is 483 g/mol. The Morgan fingerprint density at radius 1 is 1.05 bits per heavy atom. The molecule has 0 atom stereocenters. The number of morpholine rings is 1. The Kier molecular flexibility index (Phi) is 9.49. The van der Waals surface area contributed by atoms with Crippen LogP contribution in [0.5, 0.6) is 0 Å². The fourth-order valence-corrected chi connectivity index (χ4v) is 4.77. The third kappa shape index (κ3) is 6.66. The molecule has 2 aliphatic rings. The van der Waals surface area contributed by atoms with Gasteiger partial charge in [0.15, 0.2) is 11.6 Å². The van der Waals surface area contributed by atoms with Gasteiger partial charge in [-0.3, -0.25) is 0 Å². The van der Waals surface area contributed by atoms with Crippen LogP contribution in [0.15, 0.2) is 36.7 Å². The van der Waals surface area contributed by atoms with Crippen LogP contribution < -0.4 is 54.7 Å². The molecule has 1 N–H and O–H groups in total. The minimum absolute atomic E-state index is 0. The maximum absolute atomic E-state index is 10.8. The predicted octanol–water partition coefficient (Wildman–Crippen LogP) is -2.79. The molecule has 2 saturated heterocycles. The fourth-order valence-electron chi connectivity index (χ4n) is 4.77. The van der Waals surface area contributed by atoms with E-state index in [1.54, 1.807) is 6.33 Å². The minimum atomic E-state index is -1.09. The van der Waals surface area contributed by atoms with Crippen molar-refractivity contribution in [3.8, 4) is 0 Å². The van der Waals surface area contributed by atoms with Crippen LogP contribution in [-0.4, -0.2) is 84.9 Å². The van der Waals surface area contributed by atoms with Crippen molar-refractivity contribution >= 4 is 34.6 Å². The van der Waals surface area contributed by atoms with Gasteiger partial charge in [-0.2, -0.15) is 4.98 Å². The number of aromatic nitrogens is 4. The van der Waals surface area contributed by atoms with Gasteiger partial charge in [0.25, 0.3) is 0 Å². The van der Waals surface area contributed by atoms with Crippen LogP contribution >= 0.6 is 0 Å². The second-order valence-electron chi connectivity index (χ2n) is 9.20. The molecule has 0 spiro atoms. The summed E-state index contributed by atoms with van der Waals surface area (Å²) in [7, 11) is 2.01. The number of aliphatic carboxylic acids is 1. The summed E-state index contributed by atoms with van der Waals surface area (Å²) in [6, 6.07) is 10.4. The number of hydrogen-bond donors (Lipinski definition) is 1. The van der Waals surface area contributed by atoms with E-state index in [1.165, 1.54) is 5.56 Å². The Hall–Kier alpha value is -2.57. The molecule has 37 heavy (non-hydrogen) atoms. The molecule has 11 nitrogen and oxygen atoms in total. The third-order valence-corrected chi connectivity index (χ3v) is 6.68. The molecule has 3 aromatic rings. The van der Waals surface area contributed by atoms with E-state index in [9.17, 15) is 9.90 Å². The summed E-state index contributed by atoms with van der Waals surface area (Å²) in [5.41, 5.74) is 2.64. The predicted molar refractivity (Wildman–Crippen MR) is 135 cm³/mol. The van der Waals surface area contributed by atoms with Crippen LogP contribution in [0, 0.1) is 0 Å². The number of carboxylic acid groups (broad SMARTS) is 1. The Labute approximate surface area is 238 Å². The summed E-state index contributed by atoms with van der Waals surface area (Å²) in [5, 5.41) is 13.9. The summed E-state index contributed by atoms with van der Waals surface area (Å²) in [4.78, 5) is 36.5. The van der Waals surface area contributed by atoms with Crippen molar-refractivity contribution in [3.05, 3.63) is 42.2 Å². The van der Waals surface area contributed by atoms with Gasteiger partial charge in [0.1, 0.15) is 17.4 Å². The van der Waals surface area contributed by atoms with Gasteiger partial charge in [-0.15, -0.1) is 0 Å². The number of anilines is 3. The summed E-state index contributed by atoms with van der Waals surface area (Å²) in [5.74, 6) is 1.11. The second-order valence-corrected chi connectivity index (χ2v) is 9.20. The number of piperidine rings is 1. The minimum Gasteiger partial charge on any atom is -0.549 e. The molecule has 0 amide bonds. The summed E-state index contributed by atoms with van der Waals surface area (Å²) in [6.45, 7) is 4.76. The first-order chi connectivity index (χ1) is 17.6. The topological polar surface area (TPSA) is 123 Å². The molecule has 0 unspecified atom stereocenters. The van der Waals surface area contributed by atoms with Crippen molar-refractivity contribution in [1.29, 1.82) is 0 Å². The van der Waals surface area contributed by atoms with Crippen LogP contribution in [0.4, 0.5) is 17.6 Å². The number of nitrogens with zero attached hydrogens (tertiary/aromatic N) is 7. The van der Waals surface area contributed by atoms with Crippen molar-refractivity contribution in [3.63, 3.8) is 0 Å². The van der Waals surface area contributed by atoms with Gasteiger partial charge in [-0.05, 0) is 18.4 Å². The molecule has 2 aliphatic heterocycles. The Morgan fingerprint density at radius 3 is 2.49 bits per heavy atom. The van der Waals surface area contributed by atoms with Crippen LogP contribution in [0.25, 0.3) is 11.0 Å². The zero-order valence-corrected chi connectivity index (χ0v) is 23.5. The number of fused-ring (bicyclic) bond motifs is 1. The van der Waals surface area contributed by atoms with E-state index in [4.69, 9.17) is 14.7 Å². The average molecular weight is 515 g/mol. The van der Waals surface area contributed by atoms with Gasteiger partial charge in [-0.25, -0.2) is 15.0 Å². The molecule has 1 aromatic carbocycles. The fraction of sp³-hybridized carbons (Fsp3) is 0.480. The number of benzene rings is 1. The van der Waals surface area contributed by atoms with Crippen molar-refractivity contribution < 1.29 is 44.2 Å². The molecule has 0 aliphatic carbocycles. The second kappa shape index (κ2) is 12.8. The number of rotatable bonds is 8. The summed E-state index contributed by atoms with van der Waals surface area (Å²) < 4.78 is 5.57. The molecule has 4 heterocycles. The van der Waals surface area contributed by atoms with Crippen molar-refractivity contribution in [1.82, 2.24) is 25.3 Å². The molecule has 2 aromatic heterocycles. The molecule has 12 heteroatoms. The number of carbonyl (C=O) groups excluding carboxylic acids is 1. The van der Waals surface area contributed by atoms with Gasteiger partial charge in [0.2, 0.25) is 5.95 Å². The monoisotopic (exact) mass is 514 g/mol. The average Bonchev–Trinajstić information content (AvgIpc) is 2.92. The number of carbonyl (C=O) groups is 1. The van der Waals surface area contributed by atoms with Crippen LogP contribution in [0.2, 0.25) is 0 Å². The molecule has 0 bridgehead atoms. The van der Waals surface area contributed by atoms with E-state index in [-0.39, 0.29) is 42.1 Å². The first-order valence-corrected chi connectivity index (χ1v) is 12.4. The van der Waals surface area contributed by atoms with E-state index in [0.29, 0.717) is 25.7 Å². The summed E-state index contributed by atoms with van der Waals surface area (Å²) >= 11 is 0. The van der Waals surface area contributed by atoms with Crippen LogP contribution in [-0.2, 0) is 16.1 Å². The van der Waals surface area contributed by atoms with E-state index in [1.807, 2.05) is 25.2 Å². The van der Waals surface area contributed by atoms with Gasteiger partial charge in [0, 0.05) is 52.4 Å². The molecule has 190 valence electrons. The maximum atomic E-state index is 10.8. The molecular formula is C25H31N8NaO3. The quantitative estimate of drug-likeness (QED) is 0.314. The van der Waals surface area contributed by atoms with Crippen LogP contribution in [0.1, 0.15) is 18.4 Å². The van der Waals surface area contributed by atoms with E-state index >= 15 is 0 Å². The first kappa shape index (κ1) is 27.5. The zero-order valence-electron chi connectivity index (χ0n) is 21.5. The van der Waals surface area contributed by atoms with Gasteiger partial charge >= 0.3 is 29.6 Å². The largest absolute Gasteiger partial charge is 1.00 e. The van der Waals surface area contributed by atoms with Crippen molar-refractivity contribution in [2.75, 3.05) is 67.7 Å². The van der Waals surface area contributed by atoms with E-state index in [2.05, 4.69) is 42.1 Å². The SMILES string of the molecule is CN(Cc1ccccc1)c1ncnc2c(N3CCOCC3)nc(N3CCC(NCC(=O)[O-])CC3)nc12.[Na+]. The number of ether oxygens (including phenoxy) is 1. The van der Waals surface area contributed by atoms with Crippen LogP contribution in [0.3, 0.4) is 0 Å². The smallest absolute Gasteiger partial charge is 0.549 e. The Balaban J connectivity index is 0.00000320. The molecule has 2 fully saturated rings. The Bertz CT molecular complexity index is 1190. The van der Waals surface area contributed by atoms with Gasteiger partial charge in [0.05, 0.1) is 19.2 Å². The van der Waals surface area contributed by atoms with Gasteiger partial charge in [-0.1, -0.05) is 30.3 Å². The number of hydrogen-bond acceptors (Lipinski definition) is 11. The standard InChI is InChI=1S/C25H32N8O3.Na/c1-31(16-18-5-3-2-4-6-18)23-22-21(27-17-28-23)24(32-11-13-36-14-12-32)30-25(29-22)33-9-7-19(8-10-33)26-15-20(34)35;/h2-6,17,19,26H,7-16H2,1H3,(H,34,35);/q;+1/p-1. The first-order valence-electron chi connectivity index (χ1n) is 12.4. The third-order valence-electron chi connectivity index (χ3n) is 6.68. The molecule has 0 saturated carbocycles. The molecule has 0 radical (unpaired) electrons. The zero-order chi connectivity index (χ0) is 24.9. The Morgan fingerprint density at radius 2 is 1.78 bits per heavy atom. The maximum Gasteiger partial charge on any atom is 1.00 e. The number of carboxylic acids is 1. The normalized spacial score (nSPS) is 16.5. The summed E-state index contributed by atoms with van der Waals surface area (Å²) in [6.07, 6.45) is 3.18. The van der Waals surface area contributed by atoms with Gasteiger partial charge < -0.3 is 34.7 Å². The molecule has 5 rings (SSSR count). The van der Waals surface area contributed by atoms with E-state index in [0.717, 1.165) is 61.7 Å². The van der Waals surface area contributed by atoms with Crippen molar-refractivity contribution in [2.45, 2.75) is 25.4 Å². The number of nitrogens with one attached hydrogen (secondary N) is 1. The van der Waals surface area contributed by atoms with Crippen molar-refractivity contribution in [2.24, 2.45) is 0 Å².